The van der Waals surface area contributed by atoms with Gasteiger partial charge in [-0.15, -0.1) is 0 Å². The van der Waals surface area contributed by atoms with Gasteiger partial charge >= 0.3 is 0 Å². The fourth-order valence-electron chi connectivity index (χ4n) is 2.55. The second-order valence-corrected chi connectivity index (χ2v) is 5.39. The van der Waals surface area contributed by atoms with Crippen LogP contribution in [0.5, 0.6) is 0 Å². The van der Waals surface area contributed by atoms with Crippen LogP contribution < -0.4 is 10.5 Å². The van der Waals surface area contributed by atoms with Crippen molar-refractivity contribution in [3.8, 4) is 0 Å². The molecule has 20 heavy (non-hydrogen) atoms. The molecule has 0 atom stereocenters. The van der Waals surface area contributed by atoms with Gasteiger partial charge in [-0.05, 0) is 18.4 Å². The van der Waals surface area contributed by atoms with Gasteiger partial charge in [0.1, 0.15) is 5.69 Å². The largest absolute Gasteiger partial charge is 0.366 e. The number of hydrogen-bond acceptors (Lipinski definition) is 3. The lowest BCUT2D eigenvalue weighted by Gasteiger charge is -2.19. The molecule has 1 saturated heterocycles. The van der Waals surface area contributed by atoms with Crippen LogP contribution in [0.1, 0.15) is 18.4 Å². The Kier molecular flexibility index (Phi) is 3.74. The van der Waals surface area contributed by atoms with Gasteiger partial charge < -0.3 is 4.90 Å². The second-order valence-electron chi connectivity index (χ2n) is 4.98. The molecule has 0 bridgehead atoms. The Morgan fingerprint density at radius 2 is 1.85 bits per heavy atom. The van der Waals surface area contributed by atoms with Gasteiger partial charge in [-0.1, -0.05) is 41.9 Å². The highest BCUT2D eigenvalue weighted by atomic mass is 35.5. The quantitative estimate of drug-likeness (QED) is 0.871. The van der Waals surface area contributed by atoms with Crippen molar-refractivity contribution in [1.82, 2.24) is 9.78 Å². The minimum Gasteiger partial charge on any atom is -0.366 e. The molecular weight excluding hydrogens is 274 g/mol. The van der Waals surface area contributed by atoms with Gasteiger partial charge in [0.2, 0.25) is 0 Å². The number of benzene rings is 1. The number of halogens is 1. The maximum Gasteiger partial charge on any atom is 0.292 e. The van der Waals surface area contributed by atoms with Gasteiger partial charge in [-0.3, -0.25) is 4.79 Å². The lowest BCUT2D eigenvalue weighted by molar-refractivity contribution is 0.636. The van der Waals surface area contributed by atoms with E-state index in [0.29, 0.717) is 17.3 Å². The summed E-state index contributed by atoms with van der Waals surface area (Å²) in [7, 11) is 0. The molecule has 1 aliphatic heterocycles. The first-order chi connectivity index (χ1) is 9.75. The van der Waals surface area contributed by atoms with Crippen LogP contribution in [-0.2, 0) is 6.54 Å². The molecule has 1 aromatic carbocycles. The van der Waals surface area contributed by atoms with Crippen LogP contribution in [-0.4, -0.2) is 22.9 Å². The van der Waals surface area contributed by atoms with Gasteiger partial charge in [0.15, 0.2) is 0 Å². The van der Waals surface area contributed by atoms with Crippen LogP contribution in [0, 0.1) is 0 Å². The smallest absolute Gasteiger partial charge is 0.292 e. The van der Waals surface area contributed by atoms with Crippen LogP contribution in [0.3, 0.4) is 0 Å². The van der Waals surface area contributed by atoms with Gasteiger partial charge in [0, 0.05) is 13.1 Å². The van der Waals surface area contributed by atoms with Crippen LogP contribution in [0.25, 0.3) is 0 Å². The molecule has 0 amide bonds. The van der Waals surface area contributed by atoms with E-state index in [0.717, 1.165) is 31.5 Å². The second kappa shape index (κ2) is 5.67. The van der Waals surface area contributed by atoms with E-state index in [1.165, 1.54) is 4.68 Å². The van der Waals surface area contributed by atoms with E-state index >= 15 is 0 Å². The highest BCUT2D eigenvalue weighted by molar-refractivity contribution is 6.33. The van der Waals surface area contributed by atoms with Gasteiger partial charge in [0.25, 0.3) is 5.56 Å². The fourth-order valence-corrected chi connectivity index (χ4v) is 2.80. The van der Waals surface area contributed by atoms with Crippen molar-refractivity contribution in [3.63, 3.8) is 0 Å². The number of aromatic nitrogens is 2. The summed E-state index contributed by atoms with van der Waals surface area (Å²) < 4.78 is 1.48. The minimum atomic E-state index is -0.108. The zero-order valence-corrected chi connectivity index (χ0v) is 11.9. The number of hydrogen-bond donors (Lipinski definition) is 0. The Labute approximate surface area is 122 Å². The Balaban J connectivity index is 1.96. The van der Waals surface area contributed by atoms with E-state index in [1.807, 2.05) is 30.3 Å². The molecule has 0 N–H and O–H groups in total. The summed E-state index contributed by atoms with van der Waals surface area (Å²) in [6, 6.07) is 9.84. The normalized spacial score (nSPS) is 14.8. The standard InChI is InChI=1S/C15H16ClN3O/c16-13-10-17-19(11-12-6-2-1-3-7-12)15(20)14(13)18-8-4-5-9-18/h1-3,6-7,10H,4-5,8-9,11H2. The molecule has 2 heterocycles. The first-order valence-corrected chi connectivity index (χ1v) is 7.18. The molecule has 0 saturated carbocycles. The monoisotopic (exact) mass is 289 g/mol. The molecule has 104 valence electrons. The maximum atomic E-state index is 12.6. The number of nitrogens with zero attached hydrogens (tertiary/aromatic N) is 3. The molecule has 1 aromatic heterocycles. The van der Waals surface area contributed by atoms with Crippen molar-refractivity contribution in [2.75, 3.05) is 18.0 Å². The highest BCUT2D eigenvalue weighted by Crippen LogP contribution is 2.23. The molecule has 0 aliphatic carbocycles. The van der Waals surface area contributed by atoms with E-state index in [2.05, 4.69) is 10.00 Å². The van der Waals surface area contributed by atoms with Gasteiger partial charge in [-0.25, -0.2) is 4.68 Å². The number of anilines is 1. The highest BCUT2D eigenvalue weighted by Gasteiger charge is 2.20. The van der Waals surface area contributed by atoms with Gasteiger partial charge in [-0.2, -0.15) is 5.10 Å². The van der Waals surface area contributed by atoms with Crippen molar-refractivity contribution in [3.05, 3.63) is 57.5 Å². The van der Waals surface area contributed by atoms with Crippen LogP contribution in [0.4, 0.5) is 5.69 Å². The summed E-state index contributed by atoms with van der Waals surface area (Å²) in [6.07, 6.45) is 3.78. The first-order valence-electron chi connectivity index (χ1n) is 6.80. The molecule has 1 fully saturated rings. The lowest BCUT2D eigenvalue weighted by Crippen LogP contribution is -2.32. The molecule has 2 aromatic rings. The Hall–Kier alpha value is -1.81. The molecule has 0 radical (unpaired) electrons. The van der Waals surface area contributed by atoms with Gasteiger partial charge in [0.05, 0.1) is 17.8 Å². The summed E-state index contributed by atoms with van der Waals surface area (Å²) in [5.74, 6) is 0. The summed E-state index contributed by atoms with van der Waals surface area (Å²) >= 11 is 6.17. The first kappa shape index (κ1) is 13.2. The fraction of sp³-hybridized carbons (Fsp3) is 0.333. The average molecular weight is 290 g/mol. The van der Waals surface area contributed by atoms with Crippen LogP contribution in [0.2, 0.25) is 5.02 Å². The van der Waals surface area contributed by atoms with E-state index in [1.54, 1.807) is 6.20 Å². The molecule has 1 aliphatic rings. The molecular formula is C15H16ClN3O. The zero-order valence-electron chi connectivity index (χ0n) is 11.1. The third kappa shape index (κ3) is 2.56. The molecule has 3 rings (SSSR count). The summed E-state index contributed by atoms with van der Waals surface area (Å²) in [5, 5.41) is 4.60. The van der Waals surface area contributed by atoms with Crippen molar-refractivity contribution < 1.29 is 0 Å². The zero-order chi connectivity index (χ0) is 13.9. The Morgan fingerprint density at radius 1 is 1.15 bits per heavy atom. The molecule has 4 nitrogen and oxygen atoms in total. The molecule has 5 heteroatoms. The van der Waals surface area contributed by atoms with E-state index in [-0.39, 0.29) is 5.56 Å². The predicted molar refractivity (Wildman–Crippen MR) is 80.5 cm³/mol. The van der Waals surface area contributed by atoms with Crippen molar-refractivity contribution in [2.45, 2.75) is 19.4 Å². The van der Waals surface area contributed by atoms with Crippen molar-refractivity contribution in [2.24, 2.45) is 0 Å². The summed E-state index contributed by atoms with van der Waals surface area (Å²) in [6.45, 7) is 2.26. The molecule has 0 spiro atoms. The minimum absolute atomic E-state index is 0.108. The Morgan fingerprint density at radius 3 is 2.55 bits per heavy atom. The SMILES string of the molecule is O=c1c(N2CCCC2)c(Cl)cnn1Cc1ccccc1. The topological polar surface area (TPSA) is 38.1 Å². The van der Waals surface area contributed by atoms with E-state index in [9.17, 15) is 4.79 Å². The number of rotatable bonds is 3. The third-order valence-corrected chi connectivity index (χ3v) is 3.85. The summed E-state index contributed by atoms with van der Waals surface area (Å²) in [5.41, 5.74) is 1.54. The average Bonchev–Trinajstić information content (AvgIpc) is 2.97. The van der Waals surface area contributed by atoms with Crippen LogP contribution >= 0.6 is 11.6 Å². The van der Waals surface area contributed by atoms with Crippen LogP contribution in [0.15, 0.2) is 41.3 Å². The van der Waals surface area contributed by atoms with Crippen molar-refractivity contribution in [1.29, 1.82) is 0 Å². The predicted octanol–water partition coefficient (Wildman–Crippen LogP) is 2.55. The van der Waals surface area contributed by atoms with E-state index in [4.69, 9.17) is 11.6 Å². The third-order valence-electron chi connectivity index (χ3n) is 3.57. The van der Waals surface area contributed by atoms with Crippen molar-refractivity contribution >= 4 is 17.3 Å². The lowest BCUT2D eigenvalue weighted by atomic mass is 10.2. The summed E-state index contributed by atoms with van der Waals surface area (Å²) in [4.78, 5) is 14.6. The molecule has 0 unspecified atom stereocenters. The maximum absolute atomic E-state index is 12.6. The van der Waals surface area contributed by atoms with E-state index < -0.39 is 0 Å². The Bertz CT molecular complexity index is 648.